The predicted octanol–water partition coefficient (Wildman–Crippen LogP) is 1.83. The molecule has 0 aliphatic rings. The molecule has 0 saturated heterocycles. The Morgan fingerprint density at radius 3 is 1.57 bits per heavy atom. The van der Waals surface area contributed by atoms with Crippen molar-refractivity contribution in [1.82, 2.24) is 10.6 Å². The fourth-order valence-corrected chi connectivity index (χ4v) is 2.04. The van der Waals surface area contributed by atoms with E-state index in [1.807, 2.05) is 27.7 Å². The van der Waals surface area contributed by atoms with Crippen LogP contribution in [-0.2, 0) is 19.1 Å². The van der Waals surface area contributed by atoms with Crippen LogP contribution in [0.3, 0.4) is 0 Å². The molecular formula is C20H28N2O6. The zero-order chi connectivity index (χ0) is 21.1. The number of benzene rings is 1. The van der Waals surface area contributed by atoms with Crippen molar-refractivity contribution < 1.29 is 28.7 Å². The lowest BCUT2D eigenvalue weighted by Gasteiger charge is -2.12. The highest BCUT2D eigenvalue weighted by molar-refractivity contribution is 5.96. The second kappa shape index (κ2) is 11.7. The summed E-state index contributed by atoms with van der Waals surface area (Å²) in [6.45, 7) is 6.72. The van der Waals surface area contributed by atoms with Crippen molar-refractivity contribution in [3.8, 4) is 0 Å². The number of hydrogen-bond donors (Lipinski definition) is 2. The van der Waals surface area contributed by atoms with E-state index >= 15 is 0 Å². The molecule has 0 saturated carbocycles. The van der Waals surface area contributed by atoms with Gasteiger partial charge in [0.25, 0.3) is 11.8 Å². The van der Waals surface area contributed by atoms with Crippen molar-refractivity contribution in [3.05, 3.63) is 35.4 Å². The summed E-state index contributed by atoms with van der Waals surface area (Å²) in [4.78, 5) is 47.5. The van der Waals surface area contributed by atoms with Crippen LogP contribution in [0.4, 0.5) is 0 Å². The van der Waals surface area contributed by atoms with E-state index in [0.717, 1.165) is 12.8 Å². The predicted molar refractivity (Wildman–Crippen MR) is 103 cm³/mol. The summed E-state index contributed by atoms with van der Waals surface area (Å²) < 4.78 is 9.91. The molecule has 0 heterocycles. The van der Waals surface area contributed by atoms with Crippen LogP contribution in [-0.4, -0.2) is 49.1 Å². The average Bonchev–Trinajstić information content (AvgIpc) is 2.69. The van der Waals surface area contributed by atoms with Gasteiger partial charge < -0.3 is 20.1 Å². The largest absolute Gasteiger partial charge is 0.452 e. The van der Waals surface area contributed by atoms with Gasteiger partial charge in [-0.25, -0.2) is 9.59 Å². The first-order chi connectivity index (χ1) is 13.3. The van der Waals surface area contributed by atoms with Gasteiger partial charge in [-0.1, -0.05) is 19.9 Å². The molecule has 8 nitrogen and oxygen atoms in total. The van der Waals surface area contributed by atoms with E-state index in [4.69, 9.17) is 9.47 Å². The molecule has 2 N–H and O–H groups in total. The van der Waals surface area contributed by atoms with Crippen LogP contribution in [0.25, 0.3) is 0 Å². The van der Waals surface area contributed by atoms with Gasteiger partial charge in [0.1, 0.15) is 0 Å². The number of rotatable bonds is 10. The molecule has 28 heavy (non-hydrogen) atoms. The maximum atomic E-state index is 12.1. The molecule has 154 valence electrons. The Bertz CT molecular complexity index is 648. The lowest BCUT2D eigenvalue weighted by atomic mass is 10.1. The standard InChI is InChI=1S/C20H28N2O6/c1-5-13(3)21-17(23)11-27-19(25)15-8-7-9-16(10-15)20(26)28-12-18(24)22-14(4)6-2/h7-10,13-14H,5-6,11-12H2,1-4H3,(H,21,23)(H,22,24)/t13-,14-/m0/s1. The first-order valence-electron chi connectivity index (χ1n) is 9.29. The number of hydrogen-bond acceptors (Lipinski definition) is 6. The van der Waals surface area contributed by atoms with Gasteiger partial charge in [0.2, 0.25) is 0 Å². The highest BCUT2D eigenvalue weighted by Gasteiger charge is 2.16. The molecule has 0 bridgehead atoms. The van der Waals surface area contributed by atoms with Gasteiger partial charge in [0, 0.05) is 12.1 Å². The molecule has 0 unspecified atom stereocenters. The summed E-state index contributed by atoms with van der Waals surface area (Å²) in [7, 11) is 0. The zero-order valence-electron chi connectivity index (χ0n) is 16.7. The van der Waals surface area contributed by atoms with Gasteiger partial charge in [-0.3, -0.25) is 9.59 Å². The molecular weight excluding hydrogens is 364 g/mol. The Labute approximate surface area is 165 Å². The highest BCUT2D eigenvalue weighted by Crippen LogP contribution is 2.08. The van der Waals surface area contributed by atoms with E-state index in [9.17, 15) is 19.2 Å². The first kappa shape index (κ1) is 23.1. The van der Waals surface area contributed by atoms with Gasteiger partial charge in [0.05, 0.1) is 11.1 Å². The molecule has 1 aromatic rings. The quantitative estimate of drug-likeness (QED) is 0.588. The summed E-state index contributed by atoms with van der Waals surface area (Å²) in [5.41, 5.74) is 0.213. The van der Waals surface area contributed by atoms with Gasteiger partial charge in [0.15, 0.2) is 13.2 Å². The average molecular weight is 392 g/mol. The summed E-state index contributed by atoms with van der Waals surface area (Å²) in [5, 5.41) is 5.37. The molecule has 0 aliphatic carbocycles. The van der Waals surface area contributed by atoms with Crippen molar-refractivity contribution >= 4 is 23.8 Å². The van der Waals surface area contributed by atoms with Gasteiger partial charge in [-0.05, 0) is 44.9 Å². The molecule has 2 atom stereocenters. The van der Waals surface area contributed by atoms with E-state index in [1.54, 1.807) is 0 Å². The van der Waals surface area contributed by atoms with Crippen LogP contribution in [0, 0.1) is 0 Å². The van der Waals surface area contributed by atoms with E-state index < -0.39 is 37.0 Å². The number of carbonyl (C=O) groups excluding carboxylic acids is 4. The van der Waals surface area contributed by atoms with Crippen molar-refractivity contribution in [2.75, 3.05) is 13.2 Å². The van der Waals surface area contributed by atoms with E-state index in [1.165, 1.54) is 24.3 Å². The van der Waals surface area contributed by atoms with Crippen molar-refractivity contribution in [1.29, 1.82) is 0 Å². The summed E-state index contributed by atoms with van der Waals surface area (Å²) in [6.07, 6.45) is 1.53. The van der Waals surface area contributed by atoms with Crippen LogP contribution in [0.2, 0.25) is 0 Å². The topological polar surface area (TPSA) is 111 Å². The van der Waals surface area contributed by atoms with E-state index in [0.29, 0.717) is 0 Å². The third-order valence-electron chi connectivity index (χ3n) is 4.04. The van der Waals surface area contributed by atoms with Crippen molar-refractivity contribution in [2.45, 2.75) is 52.6 Å². The lowest BCUT2D eigenvalue weighted by molar-refractivity contribution is -0.125. The van der Waals surface area contributed by atoms with Crippen LogP contribution in [0.5, 0.6) is 0 Å². The molecule has 2 amide bonds. The highest BCUT2D eigenvalue weighted by atomic mass is 16.5. The van der Waals surface area contributed by atoms with E-state index in [2.05, 4.69) is 10.6 Å². The molecule has 0 radical (unpaired) electrons. The second-order valence-corrected chi connectivity index (χ2v) is 6.49. The Kier molecular flexibility index (Phi) is 9.70. The van der Waals surface area contributed by atoms with Gasteiger partial charge >= 0.3 is 11.9 Å². The number of nitrogens with one attached hydrogen (secondary N) is 2. The van der Waals surface area contributed by atoms with E-state index in [-0.39, 0.29) is 23.2 Å². The molecule has 0 spiro atoms. The molecule has 8 heteroatoms. The number of amides is 2. The minimum atomic E-state index is -0.733. The fraction of sp³-hybridized carbons (Fsp3) is 0.500. The second-order valence-electron chi connectivity index (χ2n) is 6.49. The Hall–Kier alpha value is -2.90. The van der Waals surface area contributed by atoms with Crippen LogP contribution in [0.15, 0.2) is 24.3 Å². The third kappa shape index (κ3) is 8.20. The Morgan fingerprint density at radius 1 is 0.821 bits per heavy atom. The third-order valence-corrected chi connectivity index (χ3v) is 4.04. The normalized spacial score (nSPS) is 12.4. The molecule has 0 aromatic heterocycles. The minimum absolute atomic E-state index is 0.0122. The van der Waals surface area contributed by atoms with Crippen LogP contribution in [0.1, 0.15) is 61.3 Å². The van der Waals surface area contributed by atoms with Crippen molar-refractivity contribution in [3.63, 3.8) is 0 Å². The summed E-state index contributed by atoms with van der Waals surface area (Å²) in [5.74, 6) is -2.26. The summed E-state index contributed by atoms with van der Waals surface area (Å²) in [6, 6.07) is 5.68. The maximum Gasteiger partial charge on any atom is 0.338 e. The van der Waals surface area contributed by atoms with Gasteiger partial charge in [-0.15, -0.1) is 0 Å². The Balaban J connectivity index is 2.58. The summed E-state index contributed by atoms with van der Waals surface area (Å²) >= 11 is 0. The van der Waals surface area contributed by atoms with Crippen LogP contribution < -0.4 is 10.6 Å². The van der Waals surface area contributed by atoms with Crippen LogP contribution >= 0.6 is 0 Å². The number of carbonyl (C=O) groups is 4. The molecule has 0 fully saturated rings. The zero-order valence-corrected chi connectivity index (χ0v) is 16.7. The van der Waals surface area contributed by atoms with Crippen molar-refractivity contribution in [2.24, 2.45) is 0 Å². The maximum absolute atomic E-state index is 12.1. The number of ether oxygens (including phenoxy) is 2. The smallest absolute Gasteiger partial charge is 0.338 e. The molecule has 0 aliphatic heterocycles. The minimum Gasteiger partial charge on any atom is -0.452 e. The molecule has 1 rings (SSSR count). The fourth-order valence-electron chi connectivity index (χ4n) is 2.04. The molecule has 1 aromatic carbocycles. The van der Waals surface area contributed by atoms with Gasteiger partial charge in [-0.2, -0.15) is 0 Å². The SMILES string of the molecule is CC[C@H](C)NC(=O)COC(=O)c1cccc(C(=O)OCC(=O)N[C@@H](C)CC)c1. The monoisotopic (exact) mass is 392 g/mol. The lowest BCUT2D eigenvalue weighted by Crippen LogP contribution is -2.35. The first-order valence-corrected chi connectivity index (χ1v) is 9.29. The Morgan fingerprint density at radius 2 is 1.21 bits per heavy atom. The number of esters is 2.